The van der Waals surface area contributed by atoms with Crippen molar-refractivity contribution in [1.82, 2.24) is 10.3 Å². The topological polar surface area (TPSA) is 77.5 Å². The van der Waals surface area contributed by atoms with Crippen LogP contribution < -0.4 is 5.32 Å². The Morgan fingerprint density at radius 3 is 2.38 bits per heavy atom. The zero-order valence-corrected chi connectivity index (χ0v) is 16.0. The summed E-state index contributed by atoms with van der Waals surface area (Å²) in [5, 5.41) is 3.13. The van der Waals surface area contributed by atoms with Gasteiger partial charge >= 0.3 is 11.9 Å². The number of nitrogens with zero attached hydrogens (tertiary/aromatic N) is 1. The largest absolute Gasteiger partial charge is 0.462 e. The van der Waals surface area contributed by atoms with Gasteiger partial charge in [0.1, 0.15) is 0 Å². The van der Waals surface area contributed by atoms with Crippen LogP contribution in [-0.2, 0) is 19.1 Å². The van der Waals surface area contributed by atoms with Gasteiger partial charge in [0.15, 0.2) is 0 Å². The van der Waals surface area contributed by atoms with Gasteiger partial charge in [0.25, 0.3) is 0 Å². The highest BCUT2D eigenvalue weighted by atomic mass is 16.5. The average molecular weight is 358 g/mol. The van der Waals surface area contributed by atoms with Gasteiger partial charge < -0.3 is 14.8 Å². The molecule has 0 spiro atoms. The third kappa shape index (κ3) is 4.31. The zero-order valence-electron chi connectivity index (χ0n) is 16.0. The van der Waals surface area contributed by atoms with Gasteiger partial charge in [-0.3, -0.25) is 4.98 Å². The summed E-state index contributed by atoms with van der Waals surface area (Å²) in [4.78, 5) is 29.7. The van der Waals surface area contributed by atoms with Gasteiger partial charge in [0, 0.05) is 23.8 Å². The van der Waals surface area contributed by atoms with Crippen molar-refractivity contribution < 1.29 is 19.1 Å². The van der Waals surface area contributed by atoms with E-state index in [9.17, 15) is 9.59 Å². The van der Waals surface area contributed by atoms with Crippen molar-refractivity contribution in [3.05, 3.63) is 52.6 Å². The number of hydrogen-bond acceptors (Lipinski definition) is 6. The SMILES string of the molecule is CCCOC(=O)C1=C(C)NC(C)=C(C(=O)OC(C)C)C1c1cccnc1. The summed E-state index contributed by atoms with van der Waals surface area (Å²) in [6, 6.07) is 3.63. The quantitative estimate of drug-likeness (QED) is 0.787. The first kappa shape index (κ1) is 19.7. The van der Waals surface area contributed by atoms with Crippen molar-refractivity contribution >= 4 is 11.9 Å². The van der Waals surface area contributed by atoms with E-state index in [1.165, 1.54) is 0 Å². The first-order valence-electron chi connectivity index (χ1n) is 8.83. The average Bonchev–Trinajstić information content (AvgIpc) is 2.59. The van der Waals surface area contributed by atoms with Gasteiger partial charge in [-0.05, 0) is 45.7 Å². The Bertz CT molecular complexity index is 735. The minimum Gasteiger partial charge on any atom is -0.462 e. The molecule has 0 aliphatic carbocycles. The molecule has 1 atom stereocenters. The summed E-state index contributed by atoms with van der Waals surface area (Å²) in [6.45, 7) is 9.45. The fourth-order valence-electron chi connectivity index (χ4n) is 2.97. The Balaban J connectivity index is 2.54. The second kappa shape index (κ2) is 8.65. The summed E-state index contributed by atoms with van der Waals surface area (Å²) in [5.41, 5.74) is 2.88. The molecule has 140 valence electrons. The van der Waals surface area contributed by atoms with E-state index in [1.54, 1.807) is 46.2 Å². The van der Waals surface area contributed by atoms with Gasteiger partial charge in [-0.15, -0.1) is 0 Å². The van der Waals surface area contributed by atoms with Gasteiger partial charge in [0.05, 0.1) is 29.8 Å². The first-order valence-corrected chi connectivity index (χ1v) is 8.83. The van der Waals surface area contributed by atoms with Crippen LogP contribution in [0.15, 0.2) is 47.1 Å². The van der Waals surface area contributed by atoms with Crippen molar-refractivity contribution in [1.29, 1.82) is 0 Å². The van der Waals surface area contributed by atoms with Gasteiger partial charge in [0.2, 0.25) is 0 Å². The third-order valence-electron chi connectivity index (χ3n) is 4.00. The van der Waals surface area contributed by atoms with E-state index < -0.39 is 17.9 Å². The normalized spacial score (nSPS) is 17.2. The lowest BCUT2D eigenvalue weighted by Gasteiger charge is -2.30. The smallest absolute Gasteiger partial charge is 0.337 e. The molecule has 0 saturated heterocycles. The van der Waals surface area contributed by atoms with Crippen LogP contribution in [0.4, 0.5) is 0 Å². The van der Waals surface area contributed by atoms with E-state index in [1.807, 2.05) is 13.0 Å². The van der Waals surface area contributed by atoms with E-state index in [-0.39, 0.29) is 6.10 Å². The van der Waals surface area contributed by atoms with Crippen LogP contribution in [0.2, 0.25) is 0 Å². The molecule has 1 aliphatic rings. The number of rotatable bonds is 6. The second-order valence-corrected chi connectivity index (χ2v) is 6.51. The van der Waals surface area contributed by atoms with Crippen molar-refractivity contribution in [2.24, 2.45) is 0 Å². The van der Waals surface area contributed by atoms with E-state index in [2.05, 4.69) is 10.3 Å². The highest BCUT2D eigenvalue weighted by Gasteiger charge is 2.38. The molecule has 2 heterocycles. The summed E-state index contributed by atoms with van der Waals surface area (Å²) < 4.78 is 10.8. The molecule has 0 fully saturated rings. The molecule has 6 heteroatoms. The van der Waals surface area contributed by atoms with E-state index >= 15 is 0 Å². The Labute approximate surface area is 154 Å². The fourth-order valence-corrected chi connectivity index (χ4v) is 2.97. The van der Waals surface area contributed by atoms with Crippen molar-refractivity contribution in [2.45, 2.75) is 53.1 Å². The van der Waals surface area contributed by atoms with Gasteiger partial charge in [-0.1, -0.05) is 13.0 Å². The molecule has 2 rings (SSSR count). The fraction of sp³-hybridized carbons (Fsp3) is 0.450. The number of pyridine rings is 1. The Hall–Kier alpha value is -2.63. The number of ether oxygens (including phenoxy) is 2. The molecule has 1 unspecified atom stereocenters. The molecule has 0 aromatic carbocycles. The van der Waals surface area contributed by atoms with E-state index in [0.29, 0.717) is 29.1 Å². The number of aromatic nitrogens is 1. The number of allylic oxidation sites excluding steroid dienone is 2. The van der Waals surface area contributed by atoms with Crippen molar-refractivity contribution in [2.75, 3.05) is 6.61 Å². The van der Waals surface area contributed by atoms with Crippen LogP contribution in [0.5, 0.6) is 0 Å². The monoisotopic (exact) mass is 358 g/mol. The number of esters is 2. The van der Waals surface area contributed by atoms with Crippen LogP contribution in [0.1, 0.15) is 52.5 Å². The van der Waals surface area contributed by atoms with E-state index in [4.69, 9.17) is 9.47 Å². The number of carbonyl (C=O) groups excluding carboxylic acids is 2. The minimum atomic E-state index is -0.583. The zero-order chi connectivity index (χ0) is 19.3. The number of hydrogen-bond donors (Lipinski definition) is 1. The highest BCUT2D eigenvalue weighted by molar-refractivity contribution is 5.99. The molecule has 6 nitrogen and oxygen atoms in total. The Kier molecular flexibility index (Phi) is 6.55. The predicted octanol–water partition coefficient (Wildman–Crippen LogP) is 3.22. The summed E-state index contributed by atoms with van der Waals surface area (Å²) in [7, 11) is 0. The molecule has 0 bridgehead atoms. The van der Waals surface area contributed by atoms with Gasteiger partial charge in [-0.25, -0.2) is 9.59 Å². The second-order valence-electron chi connectivity index (χ2n) is 6.51. The maximum absolute atomic E-state index is 12.8. The van der Waals surface area contributed by atoms with E-state index in [0.717, 1.165) is 12.0 Å². The highest BCUT2D eigenvalue weighted by Crippen LogP contribution is 2.39. The van der Waals surface area contributed by atoms with Crippen LogP contribution >= 0.6 is 0 Å². The van der Waals surface area contributed by atoms with Crippen molar-refractivity contribution in [3.63, 3.8) is 0 Å². The Morgan fingerprint density at radius 1 is 1.19 bits per heavy atom. The summed E-state index contributed by atoms with van der Waals surface area (Å²) in [6.07, 6.45) is 3.77. The minimum absolute atomic E-state index is 0.264. The van der Waals surface area contributed by atoms with Crippen LogP contribution in [0.25, 0.3) is 0 Å². The number of carbonyl (C=O) groups is 2. The standard InChI is InChI=1S/C20H26N2O4/c1-6-10-25-19(23)16-13(4)22-14(5)17(20(24)26-12(2)3)18(16)15-8-7-9-21-11-15/h7-9,11-12,18,22H,6,10H2,1-5H3. The van der Waals surface area contributed by atoms with Crippen LogP contribution in [0, 0.1) is 0 Å². The Morgan fingerprint density at radius 2 is 1.85 bits per heavy atom. The van der Waals surface area contributed by atoms with Gasteiger partial charge in [-0.2, -0.15) is 0 Å². The predicted molar refractivity (Wildman–Crippen MR) is 98.0 cm³/mol. The molecule has 0 amide bonds. The van der Waals surface area contributed by atoms with Crippen LogP contribution in [0.3, 0.4) is 0 Å². The summed E-state index contributed by atoms with van der Waals surface area (Å²) in [5.74, 6) is -1.47. The maximum atomic E-state index is 12.8. The molecule has 1 aromatic heterocycles. The van der Waals surface area contributed by atoms with Crippen molar-refractivity contribution in [3.8, 4) is 0 Å². The molecule has 1 N–H and O–H groups in total. The van der Waals surface area contributed by atoms with Crippen LogP contribution in [-0.4, -0.2) is 29.6 Å². The molecule has 1 aliphatic heterocycles. The molecular formula is C20H26N2O4. The maximum Gasteiger partial charge on any atom is 0.337 e. The molecular weight excluding hydrogens is 332 g/mol. The molecule has 0 radical (unpaired) electrons. The lowest BCUT2D eigenvalue weighted by molar-refractivity contribution is -0.143. The molecule has 0 saturated carbocycles. The lowest BCUT2D eigenvalue weighted by atomic mass is 9.81. The summed E-state index contributed by atoms with van der Waals surface area (Å²) >= 11 is 0. The number of dihydropyridines is 1. The molecule has 1 aromatic rings. The number of nitrogens with one attached hydrogen (secondary N) is 1. The first-order chi connectivity index (χ1) is 12.4. The molecule has 26 heavy (non-hydrogen) atoms. The third-order valence-corrected chi connectivity index (χ3v) is 4.00. The lowest BCUT2D eigenvalue weighted by Crippen LogP contribution is -2.33.